The molecule has 1 aromatic rings. The van der Waals surface area contributed by atoms with Gasteiger partial charge in [-0.15, -0.1) is 0 Å². The molecule has 0 bridgehead atoms. The SMILES string of the molecule is CC1CC(C(=O)c2ccc(NS(C)(=O)=O)cc2)CO1. The summed E-state index contributed by atoms with van der Waals surface area (Å²) >= 11 is 0. The molecule has 0 spiro atoms. The Hall–Kier alpha value is -1.40. The minimum absolute atomic E-state index is 0.0512. The van der Waals surface area contributed by atoms with E-state index >= 15 is 0 Å². The van der Waals surface area contributed by atoms with Crippen molar-refractivity contribution in [1.82, 2.24) is 0 Å². The van der Waals surface area contributed by atoms with Gasteiger partial charge in [-0.3, -0.25) is 9.52 Å². The van der Waals surface area contributed by atoms with E-state index in [0.29, 0.717) is 17.9 Å². The molecule has 1 saturated heterocycles. The van der Waals surface area contributed by atoms with Crippen LogP contribution in [0.25, 0.3) is 0 Å². The summed E-state index contributed by atoms with van der Waals surface area (Å²) in [6.07, 6.45) is 1.95. The number of Topliss-reactive ketones (excluding diaryl/α,β-unsaturated/α-hetero) is 1. The van der Waals surface area contributed by atoms with E-state index < -0.39 is 10.0 Å². The van der Waals surface area contributed by atoms with E-state index in [4.69, 9.17) is 4.74 Å². The fourth-order valence-corrected chi connectivity index (χ4v) is 2.72. The fourth-order valence-electron chi connectivity index (χ4n) is 2.15. The van der Waals surface area contributed by atoms with E-state index in [1.165, 1.54) is 0 Å². The molecule has 0 saturated carbocycles. The Kier molecular flexibility index (Phi) is 3.91. The Bertz CT molecular complexity index is 565. The van der Waals surface area contributed by atoms with Gasteiger partial charge in [0.2, 0.25) is 10.0 Å². The molecule has 5 nitrogen and oxygen atoms in total. The van der Waals surface area contributed by atoms with E-state index in [1.54, 1.807) is 24.3 Å². The average molecular weight is 283 g/mol. The Morgan fingerprint density at radius 1 is 1.32 bits per heavy atom. The highest BCUT2D eigenvalue weighted by Gasteiger charge is 2.28. The van der Waals surface area contributed by atoms with Gasteiger partial charge in [-0.2, -0.15) is 0 Å². The zero-order valence-corrected chi connectivity index (χ0v) is 11.7. The molecule has 0 aromatic heterocycles. The maximum absolute atomic E-state index is 12.2. The lowest BCUT2D eigenvalue weighted by atomic mass is 9.95. The number of ether oxygens (including phenoxy) is 1. The highest BCUT2D eigenvalue weighted by molar-refractivity contribution is 7.92. The van der Waals surface area contributed by atoms with Crippen molar-refractivity contribution in [1.29, 1.82) is 0 Å². The van der Waals surface area contributed by atoms with Gasteiger partial charge in [0, 0.05) is 17.2 Å². The number of carbonyl (C=O) groups is 1. The summed E-state index contributed by atoms with van der Waals surface area (Å²) in [5, 5.41) is 0. The van der Waals surface area contributed by atoms with Gasteiger partial charge in [0.1, 0.15) is 0 Å². The Morgan fingerprint density at radius 2 is 1.95 bits per heavy atom. The number of benzene rings is 1. The number of nitrogens with one attached hydrogen (secondary N) is 1. The van der Waals surface area contributed by atoms with Crippen LogP contribution in [0, 0.1) is 5.92 Å². The number of ketones is 1. The van der Waals surface area contributed by atoms with Gasteiger partial charge in [0.15, 0.2) is 5.78 Å². The van der Waals surface area contributed by atoms with Crippen molar-refractivity contribution in [3.05, 3.63) is 29.8 Å². The Labute approximate surface area is 113 Å². The van der Waals surface area contributed by atoms with Crippen LogP contribution in [-0.2, 0) is 14.8 Å². The van der Waals surface area contributed by atoms with Crippen LogP contribution in [0.15, 0.2) is 24.3 Å². The number of anilines is 1. The first kappa shape index (κ1) is 14.0. The highest BCUT2D eigenvalue weighted by atomic mass is 32.2. The molecule has 1 N–H and O–H groups in total. The topological polar surface area (TPSA) is 72.5 Å². The molecule has 2 atom stereocenters. The quantitative estimate of drug-likeness (QED) is 0.853. The van der Waals surface area contributed by atoms with Gasteiger partial charge < -0.3 is 4.74 Å². The third kappa shape index (κ3) is 3.78. The minimum atomic E-state index is -3.29. The molecule has 1 aliphatic rings. The molecule has 2 rings (SSSR count). The lowest BCUT2D eigenvalue weighted by molar-refractivity contribution is 0.0877. The lowest BCUT2D eigenvalue weighted by Crippen LogP contribution is -2.15. The molecule has 1 aromatic carbocycles. The minimum Gasteiger partial charge on any atom is -0.378 e. The second-order valence-electron chi connectivity index (χ2n) is 4.89. The van der Waals surface area contributed by atoms with Crippen LogP contribution in [-0.4, -0.2) is 33.2 Å². The van der Waals surface area contributed by atoms with Crippen LogP contribution >= 0.6 is 0 Å². The largest absolute Gasteiger partial charge is 0.378 e. The van der Waals surface area contributed by atoms with Crippen LogP contribution in [0.5, 0.6) is 0 Å². The predicted molar refractivity (Wildman–Crippen MR) is 72.8 cm³/mol. The van der Waals surface area contributed by atoms with E-state index in [1.807, 2.05) is 6.92 Å². The highest BCUT2D eigenvalue weighted by Crippen LogP contribution is 2.23. The van der Waals surface area contributed by atoms with Gasteiger partial charge in [-0.1, -0.05) is 0 Å². The normalized spacial score (nSPS) is 23.3. The number of rotatable bonds is 4. The fraction of sp³-hybridized carbons (Fsp3) is 0.462. The smallest absolute Gasteiger partial charge is 0.229 e. The zero-order chi connectivity index (χ0) is 14.0. The average Bonchev–Trinajstić information content (AvgIpc) is 2.74. The van der Waals surface area contributed by atoms with Crippen molar-refractivity contribution in [3.63, 3.8) is 0 Å². The standard InChI is InChI=1S/C13H17NO4S/c1-9-7-11(8-18-9)13(15)10-3-5-12(6-4-10)14-19(2,16)17/h3-6,9,11,14H,7-8H2,1-2H3. The van der Waals surface area contributed by atoms with E-state index in [2.05, 4.69) is 4.72 Å². The third-order valence-electron chi connectivity index (χ3n) is 3.04. The first-order valence-electron chi connectivity index (χ1n) is 6.09. The second-order valence-corrected chi connectivity index (χ2v) is 6.64. The lowest BCUT2D eigenvalue weighted by Gasteiger charge is -2.08. The van der Waals surface area contributed by atoms with Crippen molar-refractivity contribution >= 4 is 21.5 Å². The molecular formula is C13H17NO4S. The van der Waals surface area contributed by atoms with Gasteiger partial charge in [-0.25, -0.2) is 8.42 Å². The van der Waals surface area contributed by atoms with Crippen molar-refractivity contribution in [2.24, 2.45) is 5.92 Å². The van der Waals surface area contributed by atoms with Crippen LogP contribution in [0.3, 0.4) is 0 Å². The predicted octanol–water partition coefficient (Wildman–Crippen LogP) is 1.67. The summed E-state index contributed by atoms with van der Waals surface area (Å²) in [6, 6.07) is 6.46. The van der Waals surface area contributed by atoms with Crippen molar-refractivity contribution in [2.45, 2.75) is 19.4 Å². The molecule has 2 unspecified atom stereocenters. The Morgan fingerprint density at radius 3 is 2.42 bits per heavy atom. The third-order valence-corrected chi connectivity index (χ3v) is 3.65. The monoisotopic (exact) mass is 283 g/mol. The molecule has 104 valence electrons. The summed E-state index contributed by atoms with van der Waals surface area (Å²) in [4.78, 5) is 12.2. The van der Waals surface area contributed by atoms with E-state index in [-0.39, 0.29) is 17.8 Å². The molecule has 0 radical (unpaired) electrons. The van der Waals surface area contributed by atoms with Gasteiger partial charge in [-0.05, 0) is 37.6 Å². The van der Waals surface area contributed by atoms with Crippen molar-refractivity contribution in [2.75, 3.05) is 17.6 Å². The van der Waals surface area contributed by atoms with E-state index in [9.17, 15) is 13.2 Å². The molecule has 1 fully saturated rings. The van der Waals surface area contributed by atoms with Crippen LogP contribution in [0.1, 0.15) is 23.7 Å². The maximum Gasteiger partial charge on any atom is 0.229 e. The van der Waals surface area contributed by atoms with Crippen molar-refractivity contribution < 1.29 is 17.9 Å². The summed E-state index contributed by atoms with van der Waals surface area (Å²) in [7, 11) is -3.29. The van der Waals surface area contributed by atoms with Gasteiger partial charge >= 0.3 is 0 Å². The summed E-state index contributed by atoms with van der Waals surface area (Å²) in [6.45, 7) is 2.41. The molecule has 0 aliphatic carbocycles. The molecule has 1 heterocycles. The van der Waals surface area contributed by atoms with Crippen LogP contribution in [0.2, 0.25) is 0 Å². The molecule has 1 aliphatic heterocycles. The van der Waals surface area contributed by atoms with Crippen LogP contribution < -0.4 is 4.72 Å². The molecule has 19 heavy (non-hydrogen) atoms. The summed E-state index contributed by atoms with van der Waals surface area (Å²) < 4.78 is 29.9. The maximum atomic E-state index is 12.2. The second kappa shape index (κ2) is 5.30. The summed E-state index contributed by atoms with van der Waals surface area (Å²) in [5.74, 6) is -0.0426. The molecular weight excluding hydrogens is 266 g/mol. The summed E-state index contributed by atoms with van der Waals surface area (Å²) in [5.41, 5.74) is 1.04. The first-order chi connectivity index (χ1) is 8.85. The number of hydrogen-bond donors (Lipinski definition) is 1. The zero-order valence-electron chi connectivity index (χ0n) is 10.9. The van der Waals surface area contributed by atoms with Gasteiger partial charge in [0.25, 0.3) is 0 Å². The molecule has 0 amide bonds. The number of hydrogen-bond acceptors (Lipinski definition) is 4. The number of sulfonamides is 1. The van der Waals surface area contributed by atoms with E-state index in [0.717, 1.165) is 12.7 Å². The Balaban J connectivity index is 2.08. The van der Waals surface area contributed by atoms with Crippen LogP contribution in [0.4, 0.5) is 5.69 Å². The van der Waals surface area contributed by atoms with Gasteiger partial charge in [0.05, 0.1) is 19.0 Å². The first-order valence-corrected chi connectivity index (χ1v) is 7.98. The molecule has 6 heteroatoms. The van der Waals surface area contributed by atoms with Crippen molar-refractivity contribution in [3.8, 4) is 0 Å². The number of carbonyl (C=O) groups excluding carboxylic acids is 1.